The van der Waals surface area contributed by atoms with Crippen LogP contribution < -0.4 is 10.6 Å². The molecule has 0 unspecified atom stereocenters. The van der Waals surface area contributed by atoms with Crippen molar-refractivity contribution in [1.29, 1.82) is 0 Å². The van der Waals surface area contributed by atoms with Crippen molar-refractivity contribution in [2.24, 2.45) is 5.92 Å². The molecule has 0 radical (unpaired) electrons. The molecule has 0 saturated carbocycles. The molecule has 0 bridgehead atoms. The van der Waals surface area contributed by atoms with Crippen LogP contribution in [0, 0.1) is 5.92 Å². The van der Waals surface area contributed by atoms with Gasteiger partial charge in [-0.3, -0.25) is 4.79 Å². The van der Waals surface area contributed by atoms with Crippen molar-refractivity contribution in [3.63, 3.8) is 0 Å². The molecule has 2 aromatic rings. The smallest absolute Gasteiger partial charge is 0.384 e. The Morgan fingerprint density at radius 1 is 1.06 bits per heavy atom. The maximum atomic E-state index is 13.0. The Morgan fingerprint density at radius 3 is 2.39 bits per heavy atom. The summed E-state index contributed by atoms with van der Waals surface area (Å²) >= 11 is 0. The molecule has 31 heavy (non-hydrogen) atoms. The molecule has 6 nitrogen and oxygen atoms in total. The summed E-state index contributed by atoms with van der Waals surface area (Å²) in [7, 11) is -3.64. The highest BCUT2D eigenvalue weighted by Crippen LogP contribution is 2.31. The Balaban J connectivity index is 1.36. The van der Waals surface area contributed by atoms with Crippen molar-refractivity contribution in [3.8, 4) is 0 Å². The van der Waals surface area contributed by atoms with Crippen molar-refractivity contribution >= 4 is 27.3 Å². The van der Waals surface area contributed by atoms with E-state index in [2.05, 4.69) is 10.6 Å². The second kappa shape index (κ2) is 8.16. The number of halogens is 3. The highest BCUT2D eigenvalue weighted by Gasteiger charge is 2.33. The number of alkyl halides is 3. The van der Waals surface area contributed by atoms with E-state index in [0.29, 0.717) is 12.8 Å². The summed E-state index contributed by atoms with van der Waals surface area (Å²) in [6.45, 7) is 1.21. The number of amides is 1. The van der Waals surface area contributed by atoms with E-state index in [9.17, 15) is 26.4 Å². The molecule has 0 atom stereocenters. The van der Waals surface area contributed by atoms with Gasteiger partial charge in [0.25, 0.3) is 0 Å². The molecule has 4 rings (SSSR count). The predicted molar refractivity (Wildman–Crippen MR) is 110 cm³/mol. The number of anilines is 2. The van der Waals surface area contributed by atoms with Gasteiger partial charge < -0.3 is 10.6 Å². The molecular weight excluding hydrogens is 431 g/mol. The maximum Gasteiger partial charge on any atom is 0.416 e. The highest BCUT2D eigenvalue weighted by atomic mass is 32.2. The van der Waals surface area contributed by atoms with Gasteiger partial charge in [0.1, 0.15) is 0 Å². The zero-order valence-corrected chi connectivity index (χ0v) is 17.4. The van der Waals surface area contributed by atoms with Gasteiger partial charge in [-0.1, -0.05) is 0 Å². The highest BCUT2D eigenvalue weighted by molar-refractivity contribution is 7.89. The number of carbonyl (C=O) groups excluding carboxylic acids is 1. The Labute approximate surface area is 178 Å². The van der Waals surface area contributed by atoms with E-state index in [1.807, 2.05) is 0 Å². The largest absolute Gasteiger partial charge is 0.416 e. The molecule has 0 aromatic heterocycles. The number of nitrogens with one attached hydrogen (secondary N) is 2. The number of piperidine rings is 1. The van der Waals surface area contributed by atoms with Crippen LogP contribution in [0.3, 0.4) is 0 Å². The summed E-state index contributed by atoms with van der Waals surface area (Å²) in [4.78, 5) is 12.7. The lowest BCUT2D eigenvalue weighted by Crippen LogP contribution is -2.41. The number of carbonyl (C=O) groups is 1. The second-order valence-corrected chi connectivity index (χ2v) is 9.68. The van der Waals surface area contributed by atoms with Crippen molar-refractivity contribution in [2.45, 2.75) is 30.3 Å². The summed E-state index contributed by atoms with van der Waals surface area (Å²) in [5, 5.41) is 5.82. The first kappa shape index (κ1) is 21.6. The summed E-state index contributed by atoms with van der Waals surface area (Å²) in [6.07, 6.45) is -2.96. The van der Waals surface area contributed by atoms with E-state index in [4.69, 9.17) is 0 Å². The van der Waals surface area contributed by atoms with Gasteiger partial charge in [-0.25, -0.2) is 8.42 Å². The molecule has 2 heterocycles. The number of rotatable bonds is 4. The van der Waals surface area contributed by atoms with E-state index in [1.165, 1.54) is 16.4 Å². The van der Waals surface area contributed by atoms with Crippen LogP contribution in [0.25, 0.3) is 0 Å². The van der Waals surface area contributed by atoms with Gasteiger partial charge in [-0.15, -0.1) is 0 Å². The Hall–Kier alpha value is -2.59. The lowest BCUT2D eigenvalue weighted by atomic mass is 9.97. The Kier molecular flexibility index (Phi) is 5.69. The third-order valence-electron chi connectivity index (χ3n) is 5.73. The van der Waals surface area contributed by atoms with Crippen LogP contribution in [-0.2, 0) is 27.4 Å². The van der Waals surface area contributed by atoms with Crippen LogP contribution >= 0.6 is 0 Å². The van der Waals surface area contributed by atoms with E-state index in [1.54, 1.807) is 18.2 Å². The summed E-state index contributed by atoms with van der Waals surface area (Å²) in [5.41, 5.74) is 1.43. The topological polar surface area (TPSA) is 78.5 Å². The molecule has 1 saturated heterocycles. The maximum absolute atomic E-state index is 13.0. The van der Waals surface area contributed by atoms with Crippen LogP contribution in [0.4, 0.5) is 24.5 Å². The third-order valence-corrected chi connectivity index (χ3v) is 7.62. The summed E-state index contributed by atoms with van der Waals surface area (Å²) in [5.74, 6) is -0.724. The molecule has 0 aliphatic carbocycles. The number of nitrogens with zero attached hydrogens (tertiary/aromatic N) is 1. The summed E-state index contributed by atoms with van der Waals surface area (Å²) < 4.78 is 65.3. The quantitative estimate of drug-likeness (QED) is 0.740. The number of benzene rings is 2. The summed E-state index contributed by atoms with van der Waals surface area (Å²) in [6, 6.07) is 9.32. The van der Waals surface area contributed by atoms with Gasteiger partial charge >= 0.3 is 6.18 Å². The average Bonchev–Trinajstić information content (AvgIpc) is 3.21. The van der Waals surface area contributed by atoms with Crippen LogP contribution in [0.5, 0.6) is 0 Å². The molecular formula is C21H22F3N3O3S. The SMILES string of the molecule is O=C(Nc1ccc(C(F)(F)F)cc1)C1CCN(S(=O)(=O)c2ccc3c(c2)CCN3)CC1. The molecule has 2 aromatic carbocycles. The van der Waals surface area contributed by atoms with Crippen molar-refractivity contribution in [2.75, 3.05) is 30.3 Å². The minimum absolute atomic E-state index is 0.211. The first-order valence-corrected chi connectivity index (χ1v) is 11.4. The van der Waals surface area contributed by atoms with Gasteiger partial charge in [0.05, 0.1) is 10.5 Å². The van der Waals surface area contributed by atoms with Crippen molar-refractivity contribution in [1.82, 2.24) is 4.31 Å². The molecule has 0 spiro atoms. The number of hydrogen-bond donors (Lipinski definition) is 2. The van der Waals surface area contributed by atoms with Gasteiger partial charge in [0.2, 0.25) is 15.9 Å². The van der Waals surface area contributed by atoms with Crippen LogP contribution in [0.2, 0.25) is 0 Å². The van der Waals surface area contributed by atoms with Crippen molar-refractivity contribution < 1.29 is 26.4 Å². The van der Waals surface area contributed by atoms with Gasteiger partial charge in [0, 0.05) is 36.9 Å². The van der Waals surface area contributed by atoms with Crippen LogP contribution in [0.1, 0.15) is 24.0 Å². The molecule has 2 N–H and O–H groups in total. The van der Waals surface area contributed by atoms with Gasteiger partial charge in [-0.2, -0.15) is 17.5 Å². The monoisotopic (exact) mass is 453 g/mol. The number of sulfonamides is 1. The van der Waals surface area contributed by atoms with Gasteiger partial charge in [0.15, 0.2) is 0 Å². The first-order valence-electron chi connectivity index (χ1n) is 10.00. The van der Waals surface area contributed by atoms with E-state index >= 15 is 0 Å². The van der Waals surface area contributed by atoms with Crippen LogP contribution in [0.15, 0.2) is 47.4 Å². The van der Waals surface area contributed by atoms with E-state index in [-0.39, 0.29) is 29.6 Å². The zero-order chi connectivity index (χ0) is 22.2. The van der Waals surface area contributed by atoms with Crippen molar-refractivity contribution in [3.05, 3.63) is 53.6 Å². The minimum atomic E-state index is -4.43. The molecule has 2 aliphatic heterocycles. The fourth-order valence-electron chi connectivity index (χ4n) is 3.94. The average molecular weight is 453 g/mol. The van der Waals surface area contributed by atoms with Gasteiger partial charge in [-0.05, 0) is 67.3 Å². The minimum Gasteiger partial charge on any atom is -0.384 e. The fraction of sp³-hybridized carbons (Fsp3) is 0.381. The van der Waals surface area contributed by atoms with E-state index < -0.39 is 27.7 Å². The predicted octanol–water partition coefficient (Wildman–Crippen LogP) is 3.71. The van der Waals surface area contributed by atoms with E-state index in [0.717, 1.165) is 36.3 Å². The number of hydrogen-bond acceptors (Lipinski definition) is 4. The fourth-order valence-corrected chi connectivity index (χ4v) is 5.46. The number of fused-ring (bicyclic) bond motifs is 1. The molecule has 166 valence electrons. The molecule has 10 heteroatoms. The van der Waals surface area contributed by atoms with Crippen LogP contribution in [-0.4, -0.2) is 38.3 Å². The second-order valence-electron chi connectivity index (χ2n) is 7.74. The third kappa shape index (κ3) is 4.54. The first-order chi connectivity index (χ1) is 14.6. The molecule has 1 fully saturated rings. The molecule has 1 amide bonds. The lowest BCUT2D eigenvalue weighted by molar-refractivity contribution is -0.137. The molecule has 2 aliphatic rings. The lowest BCUT2D eigenvalue weighted by Gasteiger charge is -2.30. The Morgan fingerprint density at radius 2 is 1.74 bits per heavy atom. The standard InChI is InChI=1S/C21H22F3N3O3S/c22-21(23,24)16-1-3-17(4-2-16)26-20(28)14-8-11-27(12-9-14)31(29,30)18-5-6-19-15(13-18)7-10-25-19/h1-6,13-14,25H,7-12H2,(H,26,28). The zero-order valence-electron chi connectivity index (χ0n) is 16.6. The Bertz CT molecular complexity index is 1080. The normalized spacial score (nSPS) is 17.8.